The third kappa shape index (κ3) is 2.96. The first-order valence-electron chi connectivity index (χ1n) is 9.88. The van der Waals surface area contributed by atoms with Gasteiger partial charge in [0.1, 0.15) is 6.10 Å². The largest absolute Gasteiger partial charge is 0.462 e. The SMILES string of the molecule is CCCC(=O)O[C@@H]1CCN2CC3CC(CN4C(=O)CCCC34)C2C1. The van der Waals surface area contributed by atoms with E-state index in [2.05, 4.69) is 9.80 Å². The van der Waals surface area contributed by atoms with Crippen LogP contribution in [0.25, 0.3) is 0 Å². The van der Waals surface area contributed by atoms with Crippen molar-refractivity contribution in [1.29, 1.82) is 0 Å². The van der Waals surface area contributed by atoms with E-state index in [1.165, 1.54) is 12.8 Å². The monoisotopic (exact) mass is 334 g/mol. The van der Waals surface area contributed by atoms with Gasteiger partial charge in [-0.05, 0) is 43.9 Å². The Morgan fingerprint density at radius 3 is 2.83 bits per heavy atom. The average Bonchev–Trinajstić information content (AvgIpc) is 2.57. The molecule has 4 heterocycles. The predicted octanol–water partition coefficient (Wildman–Crippen LogP) is 2.19. The summed E-state index contributed by atoms with van der Waals surface area (Å²) in [6, 6.07) is 0.980. The number of ether oxygens (including phenoxy) is 1. The summed E-state index contributed by atoms with van der Waals surface area (Å²) >= 11 is 0. The second-order valence-corrected chi connectivity index (χ2v) is 8.21. The standard InChI is InChI=1S/C19H30N2O3/c1-2-4-19(23)24-15-7-8-20-11-13-9-14(17(20)10-15)12-21-16(13)5-3-6-18(21)22/h13-17H,2-12H2,1H3/t13?,14?,15-,16?,17?/m1/s1. The van der Waals surface area contributed by atoms with Crippen molar-refractivity contribution in [3.8, 4) is 0 Å². The molecule has 4 unspecified atom stereocenters. The van der Waals surface area contributed by atoms with Gasteiger partial charge >= 0.3 is 5.97 Å². The molecule has 24 heavy (non-hydrogen) atoms. The minimum atomic E-state index is -0.0421. The topological polar surface area (TPSA) is 49.9 Å². The zero-order chi connectivity index (χ0) is 16.7. The molecule has 0 saturated carbocycles. The molecule has 0 aromatic carbocycles. The van der Waals surface area contributed by atoms with Gasteiger partial charge in [-0.15, -0.1) is 0 Å². The van der Waals surface area contributed by atoms with Crippen molar-refractivity contribution in [3.05, 3.63) is 0 Å². The number of carbonyl (C=O) groups is 2. The molecular formula is C19H30N2O3. The van der Waals surface area contributed by atoms with Gasteiger partial charge in [0.25, 0.3) is 0 Å². The quantitative estimate of drug-likeness (QED) is 0.743. The highest BCUT2D eigenvalue weighted by molar-refractivity contribution is 5.77. The van der Waals surface area contributed by atoms with Gasteiger partial charge in [0.2, 0.25) is 5.91 Å². The Morgan fingerprint density at radius 1 is 1.17 bits per heavy atom. The Hall–Kier alpha value is -1.10. The van der Waals surface area contributed by atoms with E-state index >= 15 is 0 Å². The molecule has 1 amide bonds. The van der Waals surface area contributed by atoms with E-state index in [4.69, 9.17) is 4.74 Å². The molecule has 5 nitrogen and oxygen atoms in total. The molecule has 0 N–H and O–H groups in total. The fraction of sp³-hybridized carbons (Fsp3) is 0.895. The van der Waals surface area contributed by atoms with Crippen LogP contribution in [-0.2, 0) is 14.3 Å². The van der Waals surface area contributed by atoms with Gasteiger partial charge in [-0.2, -0.15) is 0 Å². The van der Waals surface area contributed by atoms with Crippen molar-refractivity contribution in [2.75, 3.05) is 19.6 Å². The molecule has 4 fully saturated rings. The molecule has 0 aromatic heterocycles. The van der Waals surface area contributed by atoms with Crippen LogP contribution in [0, 0.1) is 11.8 Å². The zero-order valence-electron chi connectivity index (χ0n) is 14.8. The van der Waals surface area contributed by atoms with E-state index in [-0.39, 0.29) is 12.1 Å². The van der Waals surface area contributed by atoms with Crippen molar-refractivity contribution in [3.63, 3.8) is 0 Å². The van der Waals surface area contributed by atoms with Gasteiger partial charge in [-0.25, -0.2) is 0 Å². The van der Waals surface area contributed by atoms with Crippen molar-refractivity contribution in [2.45, 2.75) is 76.5 Å². The number of esters is 1. The maximum atomic E-state index is 12.3. The van der Waals surface area contributed by atoms with Crippen molar-refractivity contribution in [2.24, 2.45) is 11.8 Å². The zero-order valence-corrected chi connectivity index (χ0v) is 14.8. The van der Waals surface area contributed by atoms with Crippen molar-refractivity contribution >= 4 is 11.9 Å². The highest BCUT2D eigenvalue weighted by Crippen LogP contribution is 2.43. The molecule has 0 aromatic rings. The third-order valence-corrected chi connectivity index (χ3v) is 6.67. The fourth-order valence-electron chi connectivity index (χ4n) is 5.61. The lowest BCUT2D eigenvalue weighted by Gasteiger charge is -2.57. The van der Waals surface area contributed by atoms with Crippen LogP contribution in [0.1, 0.15) is 58.3 Å². The summed E-state index contributed by atoms with van der Waals surface area (Å²) in [6.45, 7) is 5.11. The Kier molecular flexibility index (Phi) is 4.54. The Balaban J connectivity index is 1.43. The minimum Gasteiger partial charge on any atom is -0.462 e. The van der Waals surface area contributed by atoms with Crippen LogP contribution in [0.3, 0.4) is 0 Å². The molecule has 4 aliphatic heterocycles. The molecule has 5 atom stereocenters. The van der Waals surface area contributed by atoms with Gasteiger partial charge in [-0.1, -0.05) is 6.92 Å². The fourth-order valence-corrected chi connectivity index (χ4v) is 5.61. The van der Waals surface area contributed by atoms with Gasteiger partial charge < -0.3 is 9.64 Å². The number of hydrogen-bond donors (Lipinski definition) is 0. The predicted molar refractivity (Wildman–Crippen MR) is 90.3 cm³/mol. The van der Waals surface area contributed by atoms with Gasteiger partial charge in [0.05, 0.1) is 0 Å². The molecule has 0 spiro atoms. The van der Waals surface area contributed by atoms with Gasteiger partial charge in [0.15, 0.2) is 0 Å². The number of rotatable bonds is 3. The first-order chi connectivity index (χ1) is 11.7. The molecule has 4 aliphatic rings. The molecule has 4 rings (SSSR count). The summed E-state index contributed by atoms with van der Waals surface area (Å²) in [6.07, 6.45) is 7.64. The number of piperidine rings is 4. The first-order valence-corrected chi connectivity index (χ1v) is 9.88. The van der Waals surface area contributed by atoms with Crippen molar-refractivity contribution < 1.29 is 14.3 Å². The van der Waals surface area contributed by atoms with Crippen LogP contribution < -0.4 is 0 Å². The van der Waals surface area contributed by atoms with Crippen molar-refractivity contribution in [1.82, 2.24) is 9.80 Å². The van der Waals surface area contributed by atoms with E-state index in [0.717, 1.165) is 51.7 Å². The van der Waals surface area contributed by atoms with E-state index in [1.807, 2.05) is 6.92 Å². The highest BCUT2D eigenvalue weighted by Gasteiger charge is 2.49. The molecule has 134 valence electrons. The third-order valence-electron chi connectivity index (χ3n) is 6.67. The number of carbonyl (C=O) groups excluding carboxylic acids is 2. The average molecular weight is 334 g/mol. The summed E-state index contributed by atoms with van der Waals surface area (Å²) in [5, 5.41) is 0. The number of fused-ring (bicyclic) bond motifs is 6. The maximum Gasteiger partial charge on any atom is 0.306 e. The van der Waals surface area contributed by atoms with Crippen LogP contribution in [0.4, 0.5) is 0 Å². The summed E-state index contributed by atoms with van der Waals surface area (Å²) in [4.78, 5) is 29.0. The summed E-state index contributed by atoms with van der Waals surface area (Å²) in [7, 11) is 0. The second-order valence-electron chi connectivity index (χ2n) is 8.21. The van der Waals surface area contributed by atoms with E-state index < -0.39 is 0 Å². The van der Waals surface area contributed by atoms with E-state index in [0.29, 0.717) is 36.2 Å². The molecule has 0 radical (unpaired) electrons. The molecule has 2 bridgehead atoms. The van der Waals surface area contributed by atoms with Crippen LogP contribution in [-0.4, -0.2) is 59.5 Å². The Bertz CT molecular complexity index is 509. The van der Waals surface area contributed by atoms with Crippen LogP contribution in [0.15, 0.2) is 0 Å². The maximum absolute atomic E-state index is 12.3. The van der Waals surface area contributed by atoms with Gasteiger partial charge in [0, 0.05) is 51.0 Å². The molecule has 4 saturated heterocycles. The lowest BCUT2D eigenvalue weighted by Crippen LogP contribution is -2.65. The number of nitrogens with zero attached hydrogens (tertiary/aromatic N) is 2. The number of hydrogen-bond acceptors (Lipinski definition) is 4. The highest BCUT2D eigenvalue weighted by atomic mass is 16.5. The Morgan fingerprint density at radius 2 is 2.00 bits per heavy atom. The summed E-state index contributed by atoms with van der Waals surface area (Å²) < 4.78 is 5.70. The van der Waals surface area contributed by atoms with Crippen LogP contribution in [0.2, 0.25) is 0 Å². The lowest BCUT2D eigenvalue weighted by molar-refractivity contribution is -0.159. The van der Waals surface area contributed by atoms with Gasteiger partial charge in [-0.3, -0.25) is 14.5 Å². The summed E-state index contributed by atoms with van der Waals surface area (Å²) in [5.74, 6) is 1.55. The lowest BCUT2D eigenvalue weighted by atomic mass is 9.70. The normalized spacial score (nSPS) is 39.1. The summed E-state index contributed by atoms with van der Waals surface area (Å²) in [5.41, 5.74) is 0. The Labute approximate surface area is 144 Å². The van der Waals surface area contributed by atoms with E-state index in [1.54, 1.807) is 0 Å². The second kappa shape index (κ2) is 6.66. The molecule has 0 aliphatic carbocycles. The smallest absolute Gasteiger partial charge is 0.306 e. The van der Waals surface area contributed by atoms with Crippen LogP contribution >= 0.6 is 0 Å². The molecular weight excluding hydrogens is 304 g/mol. The number of amides is 1. The van der Waals surface area contributed by atoms with E-state index in [9.17, 15) is 9.59 Å². The van der Waals surface area contributed by atoms with Crippen LogP contribution in [0.5, 0.6) is 0 Å². The first kappa shape index (κ1) is 16.4. The minimum absolute atomic E-state index is 0.0421. The molecule has 5 heteroatoms.